The summed E-state index contributed by atoms with van der Waals surface area (Å²) in [6, 6.07) is 9.53. The van der Waals surface area contributed by atoms with Gasteiger partial charge in [0.2, 0.25) is 6.10 Å². The average Bonchev–Trinajstić information content (AvgIpc) is 2.70. The van der Waals surface area contributed by atoms with Gasteiger partial charge in [0.05, 0.1) is 5.56 Å². The summed E-state index contributed by atoms with van der Waals surface area (Å²) in [6.45, 7) is -0.0472. The minimum absolute atomic E-state index is 0.00332. The molecule has 0 saturated heterocycles. The Kier molecular flexibility index (Phi) is 5.97. The van der Waals surface area contributed by atoms with E-state index in [2.05, 4.69) is 10.9 Å². The van der Waals surface area contributed by atoms with Crippen molar-refractivity contribution in [3.8, 4) is 11.5 Å². The first-order valence-corrected chi connectivity index (χ1v) is 8.65. The van der Waals surface area contributed by atoms with Crippen LogP contribution in [0.4, 0.5) is 13.2 Å². The van der Waals surface area contributed by atoms with E-state index in [0.717, 1.165) is 30.4 Å². The number of carbonyl (C=O) groups excluding carboxylic acids is 2. The number of carbonyl (C=O) groups is 2. The largest absolute Gasteiger partial charge is 0.485 e. The number of hydrogen-bond donors (Lipinski definition) is 2. The molecule has 1 heterocycles. The lowest BCUT2D eigenvalue weighted by Crippen LogP contribution is -2.50. The first kappa shape index (κ1) is 20.5. The normalized spacial score (nSPS) is 15.8. The minimum atomic E-state index is -4.54. The van der Waals surface area contributed by atoms with E-state index in [-0.39, 0.29) is 17.2 Å². The summed E-state index contributed by atoms with van der Waals surface area (Å²) in [5.41, 5.74) is 3.38. The molecule has 10 heteroatoms. The van der Waals surface area contributed by atoms with Gasteiger partial charge in [0.25, 0.3) is 11.8 Å². The summed E-state index contributed by atoms with van der Waals surface area (Å²) in [5, 5.41) is 0.0394. The maximum atomic E-state index is 12.8. The molecule has 2 N–H and O–H groups in total. The molecular weight excluding hydrogens is 413 g/mol. The van der Waals surface area contributed by atoms with Crippen molar-refractivity contribution in [2.24, 2.45) is 0 Å². The van der Waals surface area contributed by atoms with Crippen LogP contribution in [0.25, 0.3) is 6.08 Å². The highest BCUT2D eigenvalue weighted by atomic mass is 35.5. The molecule has 0 aromatic heterocycles. The number of alkyl halides is 3. The second kappa shape index (κ2) is 8.44. The Morgan fingerprint density at radius 3 is 2.55 bits per heavy atom. The van der Waals surface area contributed by atoms with Crippen molar-refractivity contribution in [3.05, 3.63) is 64.7 Å². The van der Waals surface area contributed by atoms with Crippen molar-refractivity contribution < 1.29 is 32.2 Å². The number of benzene rings is 2. The Morgan fingerprint density at radius 2 is 1.83 bits per heavy atom. The highest BCUT2D eigenvalue weighted by Gasteiger charge is 2.30. The van der Waals surface area contributed by atoms with Crippen LogP contribution in [0.15, 0.2) is 48.5 Å². The maximum Gasteiger partial charge on any atom is 0.416 e. The quantitative estimate of drug-likeness (QED) is 0.583. The van der Waals surface area contributed by atoms with Gasteiger partial charge in [-0.15, -0.1) is 0 Å². The molecular formula is C19H14ClF3N2O4. The highest BCUT2D eigenvalue weighted by Crippen LogP contribution is 2.32. The van der Waals surface area contributed by atoms with Gasteiger partial charge in [-0.1, -0.05) is 23.7 Å². The van der Waals surface area contributed by atoms with Crippen LogP contribution in [0.1, 0.15) is 11.1 Å². The highest BCUT2D eigenvalue weighted by molar-refractivity contribution is 6.32. The van der Waals surface area contributed by atoms with Crippen molar-refractivity contribution in [1.82, 2.24) is 10.9 Å². The van der Waals surface area contributed by atoms with Gasteiger partial charge in [0.15, 0.2) is 11.5 Å². The molecule has 1 aliphatic rings. The molecule has 152 valence electrons. The Balaban J connectivity index is 1.56. The molecule has 6 nitrogen and oxygen atoms in total. The van der Waals surface area contributed by atoms with Crippen LogP contribution >= 0.6 is 11.6 Å². The monoisotopic (exact) mass is 426 g/mol. The summed E-state index contributed by atoms with van der Waals surface area (Å²) in [5.74, 6) is -0.534. The van der Waals surface area contributed by atoms with E-state index in [1.165, 1.54) is 0 Å². The molecule has 2 amide bonds. The van der Waals surface area contributed by atoms with Crippen molar-refractivity contribution in [3.63, 3.8) is 0 Å². The predicted molar refractivity (Wildman–Crippen MR) is 98.1 cm³/mol. The number of para-hydroxylation sites is 2. The SMILES string of the molecule is O=C(/C=C/c1cc(C(F)(F)F)ccc1Cl)NNC(=O)C1COc2ccccc2O1. The van der Waals surface area contributed by atoms with Gasteiger partial charge in [0, 0.05) is 11.1 Å². The fourth-order valence-electron chi connectivity index (χ4n) is 2.41. The number of hydrazine groups is 1. The molecule has 0 radical (unpaired) electrons. The third kappa shape index (κ3) is 5.20. The first-order valence-electron chi connectivity index (χ1n) is 8.27. The topological polar surface area (TPSA) is 76.7 Å². The zero-order valence-electron chi connectivity index (χ0n) is 14.6. The zero-order valence-corrected chi connectivity index (χ0v) is 15.4. The second-order valence-electron chi connectivity index (χ2n) is 5.91. The zero-order chi connectivity index (χ0) is 21.0. The standard InChI is InChI=1S/C19H14ClF3N2O4/c20-13-7-6-12(19(21,22)23)9-11(13)5-8-17(26)24-25-18(27)16-10-28-14-3-1-2-4-15(14)29-16/h1-9,16H,10H2,(H,24,26)(H,25,27)/b8-5+. The molecule has 1 aliphatic heterocycles. The Hall–Kier alpha value is -3.20. The number of ether oxygens (including phenoxy) is 2. The van der Waals surface area contributed by atoms with Gasteiger partial charge >= 0.3 is 6.18 Å². The van der Waals surface area contributed by atoms with Gasteiger partial charge in [-0.25, -0.2) is 0 Å². The third-order valence-electron chi connectivity index (χ3n) is 3.85. The molecule has 0 spiro atoms. The van der Waals surface area contributed by atoms with Crippen LogP contribution < -0.4 is 20.3 Å². The number of amides is 2. The molecule has 3 rings (SSSR count). The van der Waals surface area contributed by atoms with Crippen LogP contribution in [-0.2, 0) is 15.8 Å². The van der Waals surface area contributed by atoms with Crippen LogP contribution in [0, 0.1) is 0 Å². The number of halogens is 4. The predicted octanol–water partition coefficient (Wildman–Crippen LogP) is 3.36. The van der Waals surface area contributed by atoms with Gasteiger partial charge in [-0.3, -0.25) is 20.4 Å². The van der Waals surface area contributed by atoms with E-state index in [1.807, 2.05) is 0 Å². The van der Waals surface area contributed by atoms with Gasteiger partial charge in [-0.2, -0.15) is 13.2 Å². The average molecular weight is 427 g/mol. The first-order chi connectivity index (χ1) is 13.7. The lowest BCUT2D eigenvalue weighted by molar-refractivity contribution is -0.137. The summed E-state index contributed by atoms with van der Waals surface area (Å²) < 4.78 is 49.2. The molecule has 0 aliphatic carbocycles. The van der Waals surface area contributed by atoms with Crippen LogP contribution in [0.3, 0.4) is 0 Å². The molecule has 0 bridgehead atoms. The number of rotatable bonds is 3. The van der Waals surface area contributed by atoms with E-state index >= 15 is 0 Å². The minimum Gasteiger partial charge on any atom is -0.485 e. The van der Waals surface area contributed by atoms with Crippen LogP contribution in [-0.4, -0.2) is 24.5 Å². The van der Waals surface area contributed by atoms with Gasteiger partial charge < -0.3 is 9.47 Å². The summed E-state index contributed by atoms with van der Waals surface area (Å²) in [7, 11) is 0. The summed E-state index contributed by atoms with van der Waals surface area (Å²) in [6.07, 6.45) is -3.47. The molecule has 0 fully saturated rings. The summed E-state index contributed by atoms with van der Waals surface area (Å²) in [4.78, 5) is 23.9. The summed E-state index contributed by atoms with van der Waals surface area (Å²) >= 11 is 5.85. The van der Waals surface area contributed by atoms with Crippen molar-refractivity contribution >= 4 is 29.5 Å². The van der Waals surface area contributed by atoms with Crippen LogP contribution in [0.2, 0.25) is 5.02 Å². The van der Waals surface area contributed by atoms with Crippen molar-refractivity contribution in [1.29, 1.82) is 0 Å². The molecule has 29 heavy (non-hydrogen) atoms. The third-order valence-corrected chi connectivity index (χ3v) is 4.19. The van der Waals surface area contributed by atoms with E-state index in [0.29, 0.717) is 11.5 Å². The van der Waals surface area contributed by atoms with Crippen LogP contribution in [0.5, 0.6) is 11.5 Å². The van der Waals surface area contributed by atoms with Crippen molar-refractivity contribution in [2.75, 3.05) is 6.61 Å². The Labute approximate surface area is 168 Å². The fraction of sp³-hybridized carbons (Fsp3) is 0.158. The lowest BCUT2D eigenvalue weighted by atomic mass is 10.1. The fourth-order valence-corrected chi connectivity index (χ4v) is 2.59. The van der Waals surface area contributed by atoms with E-state index in [1.54, 1.807) is 24.3 Å². The lowest BCUT2D eigenvalue weighted by Gasteiger charge is -2.25. The Morgan fingerprint density at radius 1 is 1.10 bits per heavy atom. The molecule has 2 aromatic carbocycles. The van der Waals surface area contributed by atoms with Gasteiger partial charge in [0.1, 0.15) is 6.61 Å². The number of fused-ring (bicyclic) bond motifs is 1. The van der Waals surface area contributed by atoms with E-state index < -0.39 is 29.7 Å². The van der Waals surface area contributed by atoms with E-state index in [4.69, 9.17) is 21.1 Å². The molecule has 0 saturated carbocycles. The maximum absolute atomic E-state index is 12.8. The van der Waals surface area contributed by atoms with Gasteiger partial charge in [-0.05, 0) is 42.0 Å². The van der Waals surface area contributed by atoms with E-state index in [9.17, 15) is 22.8 Å². The second-order valence-corrected chi connectivity index (χ2v) is 6.32. The number of nitrogens with one attached hydrogen (secondary N) is 2. The number of hydrogen-bond acceptors (Lipinski definition) is 4. The molecule has 1 unspecified atom stereocenters. The molecule has 2 aromatic rings. The Bertz CT molecular complexity index is 963. The smallest absolute Gasteiger partial charge is 0.416 e. The van der Waals surface area contributed by atoms with Crippen molar-refractivity contribution in [2.45, 2.75) is 12.3 Å². The molecule has 1 atom stereocenters.